The second-order valence-corrected chi connectivity index (χ2v) is 18.6. The molecule has 1 fully saturated rings. The van der Waals surface area contributed by atoms with Crippen LogP contribution in [0.3, 0.4) is 0 Å². The number of ether oxygens (including phenoxy) is 2. The van der Waals surface area contributed by atoms with E-state index in [2.05, 4.69) is 165 Å². The van der Waals surface area contributed by atoms with E-state index in [9.17, 15) is 30.3 Å². The molecule has 1 aliphatic rings. The lowest BCUT2D eigenvalue weighted by Gasteiger charge is -2.40. The van der Waals surface area contributed by atoms with Crippen LogP contribution in [0.25, 0.3) is 0 Å². The number of unbranched alkanes of at least 4 members (excludes halogenated alkanes) is 11. The first-order valence-corrected chi connectivity index (χ1v) is 28.0. The smallest absolute Gasteiger partial charge is 0.220 e. The molecule has 0 spiro atoms. The van der Waals surface area contributed by atoms with Crippen molar-refractivity contribution < 1.29 is 39.8 Å². The molecule has 406 valence electrons. The van der Waals surface area contributed by atoms with Gasteiger partial charge in [0.1, 0.15) is 24.4 Å². The summed E-state index contributed by atoms with van der Waals surface area (Å²) in [5.74, 6) is -0.179. The number of allylic oxidation sites excluding steroid dienone is 24. The Balaban J connectivity index is 2.14. The van der Waals surface area contributed by atoms with Crippen LogP contribution in [-0.4, -0.2) is 87.5 Å². The zero-order valence-electron chi connectivity index (χ0n) is 44.9. The number of carbonyl (C=O) groups is 1. The maximum atomic E-state index is 13.0. The van der Waals surface area contributed by atoms with Crippen LogP contribution in [0.4, 0.5) is 0 Å². The fourth-order valence-corrected chi connectivity index (χ4v) is 7.79. The molecule has 0 aromatic rings. The molecule has 7 atom stereocenters. The summed E-state index contributed by atoms with van der Waals surface area (Å²) in [4.78, 5) is 13.0. The molecule has 0 aromatic heterocycles. The maximum Gasteiger partial charge on any atom is 0.220 e. The summed E-state index contributed by atoms with van der Waals surface area (Å²) in [6, 6.07) is -0.741. The second-order valence-electron chi connectivity index (χ2n) is 18.6. The van der Waals surface area contributed by atoms with E-state index >= 15 is 0 Å². The van der Waals surface area contributed by atoms with Gasteiger partial charge in [0.25, 0.3) is 0 Å². The van der Waals surface area contributed by atoms with Gasteiger partial charge in [-0.2, -0.15) is 0 Å². The number of aliphatic hydroxyl groups excluding tert-OH is 5. The highest BCUT2D eigenvalue weighted by Crippen LogP contribution is 2.23. The monoisotopic (exact) mass is 1000 g/mol. The molecule has 1 amide bonds. The maximum absolute atomic E-state index is 13.0. The van der Waals surface area contributed by atoms with Gasteiger partial charge in [-0.15, -0.1) is 0 Å². The molecule has 7 unspecified atom stereocenters. The van der Waals surface area contributed by atoms with Gasteiger partial charge in [-0.3, -0.25) is 4.79 Å². The summed E-state index contributed by atoms with van der Waals surface area (Å²) in [5.41, 5.74) is 0. The minimum absolute atomic E-state index is 0.158. The Morgan fingerprint density at radius 1 is 0.486 bits per heavy atom. The third-order valence-electron chi connectivity index (χ3n) is 12.2. The van der Waals surface area contributed by atoms with E-state index in [0.717, 1.165) is 128 Å². The first-order chi connectivity index (χ1) is 35.3. The van der Waals surface area contributed by atoms with Crippen molar-refractivity contribution in [2.75, 3.05) is 13.2 Å². The van der Waals surface area contributed by atoms with Crippen LogP contribution >= 0.6 is 0 Å². The molecule has 9 nitrogen and oxygen atoms in total. The molecule has 1 saturated heterocycles. The molecule has 0 aliphatic carbocycles. The van der Waals surface area contributed by atoms with E-state index < -0.39 is 49.5 Å². The number of amides is 1. The van der Waals surface area contributed by atoms with Crippen molar-refractivity contribution in [1.29, 1.82) is 0 Å². The summed E-state index contributed by atoms with van der Waals surface area (Å²) < 4.78 is 11.2. The lowest BCUT2D eigenvalue weighted by Crippen LogP contribution is -2.60. The minimum atomic E-state index is -1.56. The molecule has 6 N–H and O–H groups in total. The lowest BCUT2D eigenvalue weighted by molar-refractivity contribution is -0.302. The van der Waals surface area contributed by atoms with Gasteiger partial charge < -0.3 is 40.3 Å². The summed E-state index contributed by atoms with van der Waals surface area (Å²) >= 11 is 0. The highest BCUT2D eigenvalue weighted by molar-refractivity contribution is 5.76. The number of nitrogens with one attached hydrogen (secondary N) is 1. The molecule has 0 aromatic carbocycles. The van der Waals surface area contributed by atoms with Crippen molar-refractivity contribution in [3.63, 3.8) is 0 Å². The molecule has 1 aliphatic heterocycles. The molecular formula is C63H101NO8. The number of hydrogen-bond donors (Lipinski definition) is 6. The van der Waals surface area contributed by atoms with Crippen molar-refractivity contribution in [3.8, 4) is 0 Å². The molecule has 0 bridgehead atoms. The van der Waals surface area contributed by atoms with Gasteiger partial charge in [-0.1, -0.05) is 224 Å². The number of aliphatic hydroxyl groups is 5. The lowest BCUT2D eigenvalue weighted by atomic mass is 9.99. The normalized spacial score (nSPS) is 20.3. The van der Waals surface area contributed by atoms with Crippen LogP contribution < -0.4 is 5.32 Å². The number of hydrogen-bond acceptors (Lipinski definition) is 8. The Hall–Kier alpha value is -3.93. The zero-order chi connectivity index (χ0) is 52.2. The fourth-order valence-electron chi connectivity index (χ4n) is 7.79. The van der Waals surface area contributed by atoms with Gasteiger partial charge in [0, 0.05) is 6.42 Å². The van der Waals surface area contributed by atoms with Crippen LogP contribution in [0.15, 0.2) is 146 Å². The van der Waals surface area contributed by atoms with Crippen molar-refractivity contribution in [2.24, 2.45) is 0 Å². The van der Waals surface area contributed by atoms with Crippen LogP contribution in [-0.2, 0) is 14.3 Å². The predicted octanol–water partition coefficient (Wildman–Crippen LogP) is 13.9. The average Bonchev–Trinajstić information content (AvgIpc) is 3.38. The number of carbonyl (C=O) groups excluding carboxylic acids is 1. The van der Waals surface area contributed by atoms with Crippen LogP contribution in [0.5, 0.6) is 0 Å². The Labute approximate surface area is 438 Å². The fraction of sp³-hybridized carbons (Fsp3) is 0.603. The first kappa shape index (κ1) is 66.1. The van der Waals surface area contributed by atoms with E-state index in [4.69, 9.17) is 9.47 Å². The van der Waals surface area contributed by atoms with E-state index in [1.54, 1.807) is 0 Å². The standard InChI is InChI=1S/C63H101NO8/c1-3-5-7-9-11-13-14-15-16-17-18-19-20-21-22-23-24-25-26-27-28-29-30-31-32-33-34-35-36-37-38-39-40-41-42-43-44-45-47-49-51-53-59(67)64-56(57(66)52-50-48-46-12-10-8-6-4-2)55-71-63-62(70)61(69)60(68)58(54-65)72-63/h5,7,11,13,15-16,18-19,21-22,24-25,27-28,30-31,33-34,36-37,39-40,42-43,56-58,60-63,65-66,68-70H,3-4,6,8-10,12,14,17,20,23,26,29,32,35,38,41,44-55H2,1-2H3,(H,64,67)/b7-5-,13-11-,16-15-,19-18-,22-21-,25-24-,28-27-,31-30-,34-33-,37-36-,40-39-,43-42-. The molecule has 72 heavy (non-hydrogen) atoms. The van der Waals surface area contributed by atoms with E-state index in [0.29, 0.717) is 12.8 Å². The third kappa shape index (κ3) is 39.6. The molecule has 1 heterocycles. The van der Waals surface area contributed by atoms with Gasteiger partial charge in [0.05, 0.1) is 25.4 Å². The second kappa shape index (κ2) is 50.6. The first-order valence-electron chi connectivity index (χ1n) is 28.0. The zero-order valence-corrected chi connectivity index (χ0v) is 44.9. The predicted molar refractivity (Wildman–Crippen MR) is 303 cm³/mol. The van der Waals surface area contributed by atoms with Crippen molar-refractivity contribution >= 4 is 5.91 Å². The van der Waals surface area contributed by atoms with Gasteiger partial charge in [0.15, 0.2) is 6.29 Å². The van der Waals surface area contributed by atoms with Gasteiger partial charge in [-0.05, 0) is 103 Å². The van der Waals surface area contributed by atoms with E-state index in [1.807, 2.05) is 0 Å². The summed E-state index contributed by atoms with van der Waals surface area (Å²) in [5, 5.41) is 54.2. The van der Waals surface area contributed by atoms with Gasteiger partial charge >= 0.3 is 0 Å². The topological polar surface area (TPSA) is 149 Å². The quantitative estimate of drug-likeness (QED) is 0.0261. The Morgan fingerprint density at radius 3 is 1.28 bits per heavy atom. The molecule has 0 radical (unpaired) electrons. The van der Waals surface area contributed by atoms with Crippen LogP contribution in [0.1, 0.15) is 187 Å². The van der Waals surface area contributed by atoms with Crippen molar-refractivity contribution in [2.45, 2.75) is 230 Å². The SMILES string of the molecule is CC/C=C\C/C=C\C/C=C\C/C=C\C/C=C\C/C=C\C/C=C\C/C=C\C/C=C\C/C=C\C/C=C\C/C=C\CCCCCCC(=O)NC(COC1OC(CO)C(O)C(O)C1O)C(O)CCCCCCCCCC. The van der Waals surface area contributed by atoms with Crippen LogP contribution in [0.2, 0.25) is 0 Å². The average molecular weight is 1000 g/mol. The summed E-state index contributed by atoms with van der Waals surface area (Å²) in [7, 11) is 0. The summed E-state index contributed by atoms with van der Waals surface area (Å²) in [6.45, 7) is 3.64. The molecule has 9 heteroatoms. The van der Waals surface area contributed by atoms with Crippen molar-refractivity contribution in [1.82, 2.24) is 5.32 Å². The highest BCUT2D eigenvalue weighted by atomic mass is 16.7. The van der Waals surface area contributed by atoms with Gasteiger partial charge in [0.2, 0.25) is 5.91 Å². The van der Waals surface area contributed by atoms with E-state index in [1.165, 1.54) is 32.1 Å². The van der Waals surface area contributed by atoms with E-state index in [-0.39, 0.29) is 12.5 Å². The number of rotatable bonds is 45. The Morgan fingerprint density at radius 2 is 0.861 bits per heavy atom. The molecule has 1 rings (SSSR count). The Bertz CT molecular complexity index is 1630. The molecule has 0 saturated carbocycles. The Kier molecular flexibility index (Phi) is 46.4. The summed E-state index contributed by atoms with van der Waals surface area (Å²) in [6.07, 6.45) is 71.9. The van der Waals surface area contributed by atoms with Crippen molar-refractivity contribution in [3.05, 3.63) is 146 Å². The van der Waals surface area contributed by atoms with Crippen LogP contribution in [0, 0.1) is 0 Å². The third-order valence-corrected chi connectivity index (χ3v) is 12.2. The largest absolute Gasteiger partial charge is 0.394 e. The molecular weight excluding hydrogens is 899 g/mol. The minimum Gasteiger partial charge on any atom is -0.394 e. The van der Waals surface area contributed by atoms with Gasteiger partial charge in [-0.25, -0.2) is 0 Å². The highest BCUT2D eigenvalue weighted by Gasteiger charge is 2.44.